The van der Waals surface area contributed by atoms with Crippen LogP contribution in [0.15, 0.2) is 64.0 Å². The lowest BCUT2D eigenvalue weighted by molar-refractivity contribution is -0.127. The maximum absolute atomic E-state index is 12.8. The van der Waals surface area contributed by atoms with Gasteiger partial charge in [-0.1, -0.05) is 34.1 Å². The van der Waals surface area contributed by atoms with Crippen molar-refractivity contribution in [1.82, 2.24) is 9.21 Å². The van der Waals surface area contributed by atoms with E-state index in [0.717, 1.165) is 10.0 Å². The normalized spacial score (nSPS) is 15.7. The summed E-state index contributed by atoms with van der Waals surface area (Å²) in [5.41, 5.74) is 0.913. The number of methoxy groups -OCH3 is 1. The number of carbonyl (C=O) groups excluding carboxylic acids is 1. The number of nitrogens with zero attached hydrogens (tertiary/aromatic N) is 2. The van der Waals surface area contributed by atoms with Gasteiger partial charge in [-0.05, 0) is 42.0 Å². The van der Waals surface area contributed by atoms with Crippen LogP contribution in [-0.4, -0.2) is 56.8 Å². The predicted octanol–water partition coefficient (Wildman–Crippen LogP) is 3.00. The Kier molecular flexibility index (Phi) is 6.53. The molecule has 28 heavy (non-hydrogen) atoms. The van der Waals surface area contributed by atoms with E-state index in [0.29, 0.717) is 18.8 Å². The number of ether oxygens (including phenoxy) is 1. The van der Waals surface area contributed by atoms with Gasteiger partial charge in [-0.15, -0.1) is 0 Å². The highest BCUT2D eigenvalue weighted by Crippen LogP contribution is 2.21. The van der Waals surface area contributed by atoms with Gasteiger partial charge in [0.2, 0.25) is 15.9 Å². The summed E-state index contributed by atoms with van der Waals surface area (Å²) in [5, 5.41) is 0. The second kappa shape index (κ2) is 8.89. The smallest absolute Gasteiger partial charge is 0.246 e. The van der Waals surface area contributed by atoms with Gasteiger partial charge >= 0.3 is 0 Å². The fourth-order valence-electron chi connectivity index (χ4n) is 2.92. The van der Waals surface area contributed by atoms with Gasteiger partial charge in [0, 0.05) is 36.7 Å². The molecule has 0 saturated carbocycles. The predicted molar refractivity (Wildman–Crippen MR) is 112 cm³/mol. The van der Waals surface area contributed by atoms with E-state index in [1.807, 2.05) is 24.3 Å². The number of sulfonamides is 1. The Labute approximate surface area is 173 Å². The molecule has 1 saturated heterocycles. The molecular formula is C20H21BrN2O4S. The second-order valence-corrected chi connectivity index (χ2v) is 9.05. The number of amides is 1. The number of halogens is 1. The molecule has 0 spiro atoms. The van der Waals surface area contributed by atoms with Crippen molar-refractivity contribution in [2.75, 3.05) is 33.3 Å². The monoisotopic (exact) mass is 464 g/mol. The Morgan fingerprint density at radius 2 is 1.68 bits per heavy atom. The van der Waals surface area contributed by atoms with Gasteiger partial charge < -0.3 is 9.64 Å². The summed E-state index contributed by atoms with van der Waals surface area (Å²) >= 11 is 3.45. The summed E-state index contributed by atoms with van der Waals surface area (Å²) in [6, 6.07) is 13.9. The van der Waals surface area contributed by atoms with Crippen molar-refractivity contribution in [3.8, 4) is 5.75 Å². The molecule has 6 nitrogen and oxygen atoms in total. The van der Waals surface area contributed by atoms with Crippen LogP contribution in [0.3, 0.4) is 0 Å². The highest BCUT2D eigenvalue weighted by Gasteiger charge is 2.29. The Balaban J connectivity index is 1.61. The second-order valence-electron chi connectivity index (χ2n) is 6.26. The van der Waals surface area contributed by atoms with Crippen molar-refractivity contribution in [3.63, 3.8) is 0 Å². The van der Waals surface area contributed by atoms with Crippen molar-refractivity contribution < 1.29 is 17.9 Å². The van der Waals surface area contributed by atoms with Crippen LogP contribution >= 0.6 is 15.9 Å². The van der Waals surface area contributed by atoms with Crippen LogP contribution in [0.25, 0.3) is 6.08 Å². The number of piperazine rings is 1. The molecule has 148 valence electrons. The van der Waals surface area contributed by atoms with Crippen LogP contribution in [0.5, 0.6) is 5.75 Å². The summed E-state index contributed by atoms with van der Waals surface area (Å²) in [5.74, 6) is 0.475. The molecule has 0 N–H and O–H groups in total. The molecule has 1 fully saturated rings. The first kappa shape index (κ1) is 20.6. The van der Waals surface area contributed by atoms with Crippen LogP contribution in [0.2, 0.25) is 0 Å². The van der Waals surface area contributed by atoms with Crippen LogP contribution in [-0.2, 0) is 14.8 Å². The maximum atomic E-state index is 12.8. The Morgan fingerprint density at radius 3 is 2.29 bits per heavy atom. The van der Waals surface area contributed by atoms with Gasteiger partial charge in [-0.25, -0.2) is 8.42 Å². The topological polar surface area (TPSA) is 66.9 Å². The quantitative estimate of drug-likeness (QED) is 0.637. The minimum atomic E-state index is -3.58. The summed E-state index contributed by atoms with van der Waals surface area (Å²) in [4.78, 5) is 14.3. The molecule has 1 aliphatic rings. The largest absolute Gasteiger partial charge is 0.497 e. The first-order valence-electron chi connectivity index (χ1n) is 8.77. The molecule has 2 aromatic rings. The Morgan fingerprint density at radius 1 is 1.04 bits per heavy atom. The van der Waals surface area contributed by atoms with Crippen molar-refractivity contribution >= 4 is 37.9 Å². The maximum Gasteiger partial charge on any atom is 0.246 e. The Hall–Kier alpha value is -2.16. The minimum Gasteiger partial charge on any atom is -0.497 e. The number of benzene rings is 2. The first-order valence-corrected chi connectivity index (χ1v) is 11.0. The average Bonchev–Trinajstić information content (AvgIpc) is 2.73. The van der Waals surface area contributed by atoms with Gasteiger partial charge in [0.25, 0.3) is 0 Å². The molecule has 2 aromatic carbocycles. The van der Waals surface area contributed by atoms with Gasteiger partial charge in [0.05, 0.1) is 12.0 Å². The molecule has 8 heteroatoms. The molecule has 0 atom stereocenters. The fraction of sp³-hybridized carbons (Fsp3) is 0.250. The molecule has 0 aromatic heterocycles. The number of rotatable bonds is 5. The van der Waals surface area contributed by atoms with Crippen LogP contribution < -0.4 is 4.74 Å². The molecular weight excluding hydrogens is 444 g/mol. The lowest BCUT2D eigenvalue weighted by atomic mass is 10.2. The third-order valence-electron chi connectivity index (χ3n) is 4.56. The van der Waals surface area contributed by atoms with Crippen LogP contribution in [0.1, 0.15) is 5.56 Å². The third kappa shape index (κ3) is 4.63. The lowest BCUT2D eigenvalue weighted by Crippen LogP contribution is -2.50. The minimum absolute atomic E-state index is 0.128. The van der Waals surface area contributed by atoms with E-state index in [4.69, 9.17) is 4.74 Å². The van der Waals surface area contributed by atoms with E-state index in [9.17, 15) is 13.2 Å². The van der Waals surface area contributed by atoms with E-state index in [1.165, 1.54) is 29.6 Å². The van der Waals surface area contributed by atoms with E-state index in [-0.39, 0.29) is 23.9 Å². The molecule has 0 unspecified atom stereocenters. The number of hydrogen-bond acceptors (Lipinski definition) is 4. The van der Waals surface area contributed by atoms with E-state index in [1.54, 1.807) is 23.1 Å². The third-order valence-corrected chi connectivity index (χ3v) is 7.19. The fourth-order valence-corrected chi connectivity index (χ4v) is 4.76. The SMILES string of the molecule is COc1ccc(S(=O)(=O)N2CCN(C(=O)/C=C/c3ccccc3Br)CC2)cc1. The lowest BCUT2D eigenvalue weighted by Gasteiger charge is -2.33. The van der Waals surface area contributed by atoms with Gasteiger partial charge in [0.1, 0.15) is 5.75 Å². The van der Waals surface area contributed by atoms with Gasteiger partial charge in [0.15, 0.2) is 0 Å². The van der Waals surface area contributed by atoms with E-state index < -0.39 is 10.0 Å². The van der Waals surface area contributed by atoms with E-state index >= 15 is 0 Å². The zero-order valence-electron chi connectivity index (χ0n) is 15.4. The molecule has 1 amide bonds. The molecule has 0 bridgehead atoms. The number of carbonyl (C=O) groups is 1. The number of hydrogen-bond donors (Lipinski definition) is 0. The first-order chi connectivity index (χ1) is 13.4. The van der Waals surface area contributed by atoms with Crippen molar-refractivity contribution in [3.05, 3.63) is 64.6 Å². The van der Waals surface area contributed by atoms with Crippen molar-refractivity contribution in [1.29, 1.82) is 0 Å². The highest BCUT2D eigenvalue weighted by atomic mass is 79.9. The Bertz CT molecular complexity index is 966. The van der Waals surface area contributed by atoms with Crippen LogP contribution in [0, 0.1) is 0 Å². The van der Waals surface area contributed by atoms with Gasteiger partial charge in [-0.3, -0.25) is 4.79 Å². The molecule has 0 radical (unpaired) electrons. The summed E-state index contributed by atoms with van der Waals surface area (Å²) in [6.45, 7) is 1.25. The zero-order chi connectivity index (χ0) is 20.1. The summed E-state index contributed by atoms with van der Waals surface area (Å²) in [7, 11) is -2.05. The average molecular weight is 465 g/mol. The summed E-state index contributed by atoms with van der Waals surface area (Å²) in [6.07, 6.45) is 3.28. The standard InChI is InChI=1S/C20H21BrN2O4S/c1-27-17-7-9-18(10-8-17)28(25,26)23-14-12-22(13-15-23)20(24)11-6-16-4-2-3-5-19(16)21/h2-11H,12-15H2,1H3/b11-6+. The van der Waals surface area contributed by atoms with Crippen LogP contribution in [0.4, 0.5) is 0 Å². The van der Waals surface area contributed by atoms with E-state index in [2.05, 4.69) is 15.9 Å². The van der Waals surface area contributed by atoms with Crippen molar-refractivity contribution in [2.24, 2.45) is 0 Å². The molecule has 3 rings (SSSR count). The molecule has 0 aliphatic carbocycles. The van der Waals surface area contributed by atoms with Gasteiger partial charge in [-0.2, -0.15) is 4.31 Å². The highest BCUT2D eigenvalue weighted by molar-refractivity contribution is 9.10. The summed E-state index contributed by atoms with van der Waals surface area (Å²) < 4.78 is 32.9. The zero-order valence-corrected chi connectivity index (χ0v) is 17.8. The van der Waals surface area contributed by atoms with Crippen molar-refractivity contribution in [2.45, 2.75) is 4.90 Å². The molecule has 1 heterocycles. The molecule has 1 aliphatic heterocycles.